The van der Waals surface area contributed by atoms with Crippen LogP contribution in [0.5, 0.6) is 0 Å². The Morgan fingerprint density at radius 1 is 1.33 bits per heavy atom. The molecule has 3 aliphatic heterocycles. The van der Waals surface area contributed by atoms with E-state index in [2.05, 4.69) is 28.5 Å². The minimum Gasteiger partial charge on any atom is -0.398 e. The normalized spacial score (nSPS) is 24.7. The Balaban J connectivity index is 1.58. The monoisotopic (exact) mass is 378 g/mol. The summed E-state index contributed by atoms with van der Waals surface area (Å²) in [6.07, 6.45) is 8.18. The average molecular weight is 379 g/mol. The van der Waals surface area contributed by atoms with Gasteiger partial charge in [-0.05, 0) is 46.3 Å². The van der Waals surface area contributed by atoms with Gasteiger partial charge in [0.15, 0.2) is 0 Å². The van der Waals surface area contributed by atoms with E-state index in [9.17, 15) is 0 Å². The van der Waals surface area contributed by atoms with Crippen LogP contribution in [0, 0.1) is 11.3 Å². The van der Waals surface area contributed by atoms with Crippen LogP contribution in [0.3, 0.4) is 0 Å². The number of aliphatic imine (C=N–C) groups is 1. The second kappa shape index (κ2) is 7.09. The fourth-order valence-corrected chi connectivity index (χ4v) is 4.70. The highest BCUT2D eigenvalue weighted by Crippen LogP contribution is 2.41. The van der Waals surface area contributed by atoms with E-state index in [-0.39, 0.29) is 12.0 Å². The van der Waals surface area contributed by atoms with Crippen molar-refractivity contribution in [1.82, 2.24) is 10.9 Å². The van der Waals surface area contributed by atoms with Crippen LogP contribution in [-0.4, -0.2) is 18.2 Å². The molecule has 0 aromatic heterocycles. The zero-order chi connectivity index (χ0) is 19.0. The summed E-state index contributed by atoms with van der Waals surface area (Å²) in [5, 5.41) is 7.41. The van der Waals surface area contributed by atoms with Gasteiger partial charge in [-0.2, -0.15) is 0 Å². The van der Waals surface area contributed by atoms with Gasteiger partial charge in [0.1, 0.15) is 5.82 Å². The Hall–Kier alpha value is -2.77. The molecular weight excluding hydrogens is 356 g/mol. The predicted molar refractivity (Wildman–Crippen MR) is 113 cm³/mol. The number of rotatable bonds is 3. The third-order valence-electron chi connectivity index (χ3n) is 4.99. The number of anilines is 1. The Kier molecular flexibility index (Phi) is 4.63. The van der Waals surface area contributed by atoms with E-state index in [0.29, 0.717) is 11.5 Å². The van der Waals surface area contributed by atoms with Crippen molar-refractivity contribution in [2.45, 2.75) is 12.5 Å². The summed E-state index contributed by atoms with van der Waals surface area (Å²) in [4.78, 5) is 5.51. The summed E-state index contributed by atoms with van der Waals surface area (Å²) >= 11 is 1.82. The molecule has 0 amide bonds. The molecule has 7 N–H and O–H groups in total. The molecule has 7 heteroatoms. The molecule has 0 saturated heterocycles. The minimum atomic E-state index is 0.0228. The highest BCUT2D eigenvalue weighted by atomic mass is 32.2. The van der Waals surface area contributed by atoms with Crippen LogP contribution in [0.25, 0.3) is 0 Å². The largest absolute Gasteiger partial charge is 0.398 e. The molecule has 1 aromatic rings. The second-order valence-electron chi connectivity index (χ2n) is 6.75. The molecule has 3 aliphatic rings. The van der Waals surface area contributed by atoms with Crippen LogP contribution in [-0.2, 0) is 0 Å². The Morgan fingerprint density at radius 2 is 2.19 bits per heavy atom. The lowest BCUT2D eigenvalue weighted by molar-refractivity contribution is 0.590. The van der Waals surface area contributed by atoms with E-state index >= 15 is 0 Å². The molecular formula is C20H22N6S. The second-order valence-corrected chi connectivity index (χ2v) is 7.79. The first-order chi connectivity index (χ1) is 13.1. The molecule has 138 valence electrons. The molecule has 0 spiro atoms. The minimum absolute atomic E-state index is 0.0228. The third-order valence-corrected chi connectivity index (χ3v) is 6.20. The standard InChI is InChI=1S/C20H22N6S/c1-11-6-17(14-4-5-18(23)24-9-14)27-10-15-19(11)25-26-20(15)12-2-3-13(8-21)16(22)7-12/h2-3,5-9,14,20-21,25-26H,1,4,10,22-23H2. The number of hydrazine groups is 1. The number of thioether (sulfide) groups is 1. The van der Waals surface area contributed by atoms with Crippen LogP contribution in [0.15, 0.2) is 69.5 Å². The molecule has 2 unspecified atom stereocenters. The van der Waals surface area contributed by atoms with Crippen molar-refractivity contribution in [3.8, 4) is 0 Å². The molecule has 0 saturated carbocycles. The molecule has 0 aliphatic carbocycles. The molecule has 2 atom stereocenters. The quantitative estimate of drug-likeness (QED) is 0.410. The molecule has 0 radical (unpaired) electrons. The number of nitrogens with two attached hydrogens (primary N) is 2. The Bertz CT molecular complexity index is 940. The van der Waals surface area contributed by atoms with Crippen LogP contribution < -0.4 is 22.3 Å². The molecule has 4 rings (SSSR count). The molecule has 1 aromatic carbocycles. The molecule has 0 fully saturated rings. The number of benzene rings is 1. The SMILES string of the molecule is C=C1C=C(C2C=NC(N)=CC2)SCC2=C1NNC2c1ccc(C=N)c(N)c1. The van der Waals surface area contributed by atoms with Gasteiger partial charge in [0.25, 0.3) is 0 Å². The Morgan fingerprint density at radius 3 is 2.89 bits per heavy atom. The molecule has 27 heavy (non-hydrogen) atoms. The van der Waals surface area contributed by atoms with Crippen molar-refractivity contribution < 1.29 is 0 Å². The summed E-state index contributed by atoms with van der Waals surface area (Å²) in [7, 11) is 0. The number of nitrogen functional groups attached to an aromatic ring is 1. The van der Waals surface area contributed by atoms with E-state index in [4.69, 9.17) is 16.9 Å². The van der Waals surface area contributed by atoms with E-state index < -0.39 is 0 Å². The van der Waals surface area contributed by atoms with E-state index in [1.807, 2.05) is 42.3 Å². The lowest BCUT2D eigenvalue weighted by Crippen LogP contribution is -2.28. The lowest BCUT2D eigenvalue weighted by atomic mass is 9.96. The first-order valence-corrected chi connectivity index (χ1v) is 9.73. The summed E-state index contributed by atoms with van der Waals surface area (Å²) < 4.78 is 0. The smallest absolute Gasteiger partial charge is 0.118 e. The fourth-order valence-electron chi connectivity index (χ4n) is 3.47. The predicted octanol–water partition coefficient (Wildman–Crippen LogP) is 2.75. The van der Waals surface area contributed by atoms with Crippen molar-refractivity contribution >= 4 is 29.9 Å². The van der Waals surface area contributed by atoms with Crippen molar-refractivity contribution in [3.05, 3.63) is 75.6 Å². The number of hydrogen-bond acceptors (Lipinski definition) is 7. The van der Waals surface area contributed by atoms with E-state index in [0.717, 1.165) is 34.6 Å². The van der Waals surface area contributed by atoms with Crippen LogP contribution in [0.1, 0.15) is 23.6 Å². The average Bonchev–Trinajstić information content (AvgIpc) is 3.02. The number of nitrogens with one attached hydrogen (secondary N) is 3. The first-order valence-electron chi connectivity index (χ1n) is 8.75. The van der Waals surface area contributed by atoms with Crippen molar-refractivity contribution in [2.24, 2.45) is 16.6 Å². The third kappa shape index (κ3) is 3.31. The summed E-state index contributed by atoms with van der Waals surface area (Å²) in [6, 6.07) is 5.86. The molecule has 3 heterocycles. The summed E-state index contributed by atoms with van der Waals surface area (Å²) in [6.45, 7) is 4.26. The van der Waals surface area contributed by atoms with Gasteiger partial charge < -0.3 is 22.3 Å². The van der Waals surface area contributed by atoms with Gasteiger partial charge in [0, 0.05) is 35.4 Å². The molecule has 0 bridgehead atoms. The van der Waals surface area contributed by atoms with E-state index in [1.165, 1.54) is 16.7 Å². The Labute approximate surface area is 162 Å². The highest BCUT2D eigenvalue weighted by Gasteiger charge is 2.30. The van der Waals surface area contributed by atoms with Crippen molar-refractivity contribution in [2.75, 3.05) is 11.5 Å². The van der Waals surface area contributed by atoms with Crippen LogP contribution in [0.4, 0.5) is 5.69 Å². The van der Waals surface area contributed by atoms with Crippen molar-refractivity contribution in [1.29, 1.82) is 5.41 Å². The first kappa shape index (κ1) is 17.6. The van der Waals surface area contributed by atoms with Crippen molar-refractivity contribution in [3.63, 3.8) is 0 Å². The van der Waals surface area contributed by atoms with Crippen LogP contribution >= 0.6 is 11.8 Å². The zero-order valence-electron chi connectivity index (χ0n) is 14.8. The number of allylic oxidation sites excluding steroid dienone is 3. The van der Waals surface area contributed by atoms with Gasteiger partial charge in [0.2, 0.25) is 0 Å². The van der Waals surface area contributed by atoms with Gasteiger partial charge in [-0.1, -0.05) is 18.7 Å². The van der Waals surface area contributed by atoms with E-state index in [1.54, 1.807) is 0 Å². The fraction of sp³-hybridized carbons (Fsp3) is 0.200. The topological polar surface area (TPSA) is 112 Å². The van der Waals surface area contributed by atoms with Gasteiger partial charge in [-0.15, -0.1) is 11.8 Å². The lowest BCUT2D eigenvalue weighted by Gasteiger charge is -2.19. The zero-order valence-corrected chi connectivity index (χ0v) is 15.6. The van der Waals surface area contributed by atoms with Crippen LogP contribution in [0.2, 0.25) is 0 Å². The number of nitrogens with zero attached hydrogens (tertiary/aromatic N) is 1. The maximum absolute atomic E-state index is 7.41. The molecule has 6 nitrogen and oxygen atoms in total. The summed E-state index contributed by atoms with van der Waals surface area (Å²) in [5.74, 6) is 1.68. The van der Waals surface area contributed by atoms with Gasteiger partial charge in [-0.3, -0.25) is 0 Å². The summed E-state index contributed by atoms with van der Waals surface area (Å²) in [5.41, 5.74) is 24.1. The van der Waals surface area contributed by atoms with Gasteiger partial charge in [-0.25, -0.2) is 10.4 Å². The number of hydrogen-bond donors (Lipinski definition) is 5. The van der Waals surface area contributed by atoms with Gasteiger partial charge >= 0.3 is 0 Å². The highest BCUT2D eigenvalue weighted by molar-refractivity contribution is 8.03. The maximum Gasteiger partial charge on any atom is 0.118 e. The maximum atomic E-state index is 7.41. The van der Waals surface area contributed by atoms with Gasteiger partial charge in [0.05, 0.1) is 11.7 Å².